The first-order valence-corrected chi connectivity index (χ1v) is 8.73. The van der Waals surface area contributed by atoms with E-state index in [0.717, 1.165) is 6.07 Å². The van der Waals surface area contributed by atoms with E-state index in [2.05, 4.69) is 10.1 Å². The minimum atomic E-state index is -2.96. The Labute approximate surface area is 165 Å². The highest BCUT2D eigenvalue weighted by Crippen LogP contribution is 2.29. The topological polar surface area (TPSA) is 56.8 Å². The first kappa shape index (κ1) is 21.7. The first-order chi connectivity index (χ1) is 13.4. The lowest BCUT2D eigenvalue weighted by Crippen LogP contribution is -2.27. The zero-order chi connectivity index (χ0) is 20.5. The second kappa shape index (κ2) is 10.7. The lowest BCUT2D eigenvalue weighted by Gasteiger charge is -2.12. The fourth-order valence-electron chi connectivity index (χ4n) is 2.35. The maximum absolute atomic E-state index is 13.0. The standard InChI is InChI=1S/C19H19ClF3NO4/c1-26-16-4-2-12(10-17(16)28-19(22)23)6-8-24-18(25)7-9-27-15-5-3-13(21)11-14(15)20/h2-5,10-11,19H,6-9H2,1H3,(H,24,25). The second-order valence-corrected chi connectivity index (χ2v) is 6.04. The van der Waals surface area contributed by atoms with Crippen LogP contribution in [0.25, 0.3) is 0 Å². The molecule has 0 aromatic heterocycles. The minimum Gasteiger partial charge on any atom is -0.493 e. The molecular formula is C19H19ClF3NO4. The van der Waals surface area contributed by atoms with E-state index in [1.54, 1.807) is 6.07 Å². The number of amides is 1. The number of methoxy groups -OCH3 is 1. The van der Waals surface area contributed by atoms with Gasteiger partial charge in [-0.05, 0) is 42.3 Å². The summed E-state index contributed by atoms with van der Waals surface area (Å²) in [7, 11) is 1.36. The van der Waals surface area contributed by atoms with Crippen LogP contribution in [0.4, 0.5) is 13.2 Å². The molecule has 2 aromatic rings. The Bertz CT molecular complexity index is 805. The largest absolute Gasteiger partial charge is 0.493 e. The van der Waals surface area contributed by atoms with Gasteiger partial charge in [-0.2, -0.15) is 8.78 Å². The summed E-state index contributed by atoms with van der Waals surface area (Å²) in [6, 6.07) is 8.38. The number of alkyl halides is 2. The van der Waals surface area contributed by atoms with Crippen molar-refractivity contribution in [3.8, 4) is 17.2 Å². The van der Waals surface area contributed by atoms with Gasteiger partial charge >= 0.3 is 6.61 Å². The van der Waals surface area contributed by atoms with Crippen LogP contribution < -0.4 is 19.5 Å². The van der Waals surface area contributed by atoms with E-state index >= 15 is 0 Å². The Hall–Kier alpha value is -2.61. The second-order valence-electron chi connectivity index (χ2n) is 5.64. The van der Waals surface area contributed by atoms with Crippen molar-refractivity contribution in [2.75, 3.05) is 20.3 Å². The highest BCUT2D eigenvalue weighted by molar-refractivity contribution is 6.32. The van der Waals surface area contributed by atoms with Gasteiger partial charge in [0.1, 0.15) is 11.6 Å². The third-order valence-electron chi connectivity index (χ3n) is 3.66. The van der Waals surface area contributed by atoms with Crippen molar-refractivity contribution in [2.45, 2.75) is 19.5 Å². The zero-order valence-corrected chi connectivity index (χ0v) is 15.8. The Balaban J connectivity index is 1.75. The van der Waals surface area contributed by atoms with E-state index in [1.165, 1.54) is 31.4 Å². The molecule has 0 heterocycles. The predicted molar refractivity (Wildman–Crippen MR) is 97.9 cm³/mol. The maximum atomic E-state index is 13.0. The van der Waals surface area contributed by atoms with Crippen molar-refractivity contribution in [1.29, 1.82) is 0 Å². The third kappa shape index (κ3) is 6.84. The summed E-state index contributed by atoms with van der Waals surface area (Å²) in [4.78, 5) is 11.8. The van der Waals surface area contributed by atoms with Crippen LogP contribution in [0.5, 0.6) is 17.2 Å². The minimum absolute atomic E-state index is 0.0640. The molecule has 0 bridgehead atoms. The van der Waals surface area contributed by atoms with Crippen LogP contribution >= 0.6 is 11.6 Å². The van der Waals surface area contributed by atoms with Crippen LogP contribution in [-0.2, 0) is 11.2 Å². The molecule has 0 aliphatic carbocycles. The molecule has 0 radical (unpaired) electrons. The van der Waals surface area contributed by atoms with E-state index in [1.807, 2.05) is 0 Å². The van der Waals surface area contributed by atoms with Gasteiger partial charge in [0.2, 0.25) is 5.91 Å². The van der Waals surface area contributed by atoms with Gasteiger partial charge in [-0.25, -0.2) is 4.39 Å². The van der Waals surface area contributed by atoms with Gasteiger partial charge in [-0.3, -0.25) is 4.79 Å². The van der Waals surface area contributed by atoms with E-state index in [4.69, 9.17) is 21.1 Å². The number of ether oxygens (including phenoxy) is 3. The molecule has 0 spiro atoms. The average Bonchev–Trinajstić information content (AvgIpc) is 2.63. The van der Waals surface area contributed by atoms with Crippen LogP contribution in [0.3, 0.4) is 0 Å². The lowest BCUT2D eigenvalue weighted by molar-refractivity contribution is -0.121. The maximum Gasteiger partial charge on any atom is 0.387 e. The van der Waals surface area contributed by atoms with Gasteiger partial charge in [-0.15, -0.1) is 0 Å². The van der Waals surface area contributed by atoms with Gasteiger partial charge in [0, 0.05) is 6.54 Å². The Kier molecular flexibility index (Phi) is 8.25. The number of carbonyl (C=O) groups excluding carboxylic acids is 1. The number of hydrogen-bond donors (Lipinski definition) is 1. The Morgan fingerprint density at radius 1 is 1.14 bits per heavy atom. The molecule has 9 heteroatoms. The fraction of sp³-hybridized carbons (Fsp3) is 0.316. The number of rotatable bonds is 10. The van der Waals surface area contributed by atoms with Gasteiger partial charge in [-0.1, -0.05) is 17.7 Å². The van der Waals surface area contributed by atoms with Gasteiger partial charge < -0.3 is 19.5 Å². The average molecular weight is 418 g/mol. The lowest BCUT2D eigenvalue weighted by atomic mass is 10.1. The highest BCUT2D eigenvalue weighted by Gasteiger charge is 2.11. The molecule has 0 aliphatic rings. The van der Waals surface area contributed by atoms with Crippen molar-refractivity contribution in [3.05, 3.63) is 52.8 Å². The van der Waals surface area contributed by atoms with Crippen molar-refractivity contribution >= 4 is 17.5 Å². The SMILES string of the molecule is COc1ccc(CCNC(=O)CCOc2ccc(F)cc2Cl)cc1OC(F)F. The molecule has 0 saturated heterocycles. The van der Waals surface area contributed by atoms with E-state index < -0.39 is 12.4 Å². The highest BCUT2D eigenvalue weighted by atomic mass is 35.5. The quantitative estimate of drug-likeness (QED) is 0.629. The molecule has 1 amide bonds. The molecule has 0 saturated carbocycles. The molecule has 0 atom stereocenters. The van der Waals surface area contributed by atoms with E-state index in [-0.39, 0.29) is 35.5 Å². The monoisotopic (exact) mass is 417 g/mol. The Morgan fingerprint density at radius 3 is 2.57 bits per heavy atom. The summed E-state index contributed by atoms with van der Waals surface area (Å²) < 4.78 is 52.6. The summed E-state index contributed by atoms with van der Waals surface area (Å²) in [6.07, 6.45) is 0.496. The third-order valence-corrected chi connectivity index (χ3v) is 3.96. The van der Waals surface area contributed by atoms with Crippen molar-refractivity contribution in [1.82, 2.24) is 5.32 Å². The molecular weight excluding hydrogens is 399 g/mol. The van der Waals surface area contributed by atoms with Crippen LogP contribution in [0.15, 0.2) is 36.4 Å². The van der Waals surface area contributed by atoms with Crippen molar-refractivity contribution in [2.24, 2.45) is 0 Å². The van der Waals surface area contributed by atoms with Gasteiger partial charge in [0.25, 0.3) is 0 Å². The Morgan fingerprint density at radius 2 is 1.89 bits per heavy atom. The van der Waals surface area contributed by atoms with Crippen molar-refractivity contribution < 1.29 is 32.2 Å². The molecule has 152 valence electrons. The number of halogens is 4. The normalized spacial score (nSPS) is 10.6. The summed E-state index contributed by atoms with van der Waals surface area (Å²) in [5.41, 5.74) is 0.700. The molecule has 0 aliphatic heterocycles. The van der Waals surface area contributed by atoms with Crippen LogP contribution in [0, 0.1) is 5.82 Å². The van der Waals surface area contributed by atoms with Crippen LogP contribution in [0.1, 0.15) is 12.0 Å². The summed E-state index contributed by atoms with van der Waals surface area (Å²) in [5.74, 6) is -0.303. The number of benzene rings is 2. The smallest absolute Gasteiger partial charge is 0.387 e. The predicted octanol–water partition coefficient (Wildman–Crippen LogP) is 4.22. The summed E-state index contributed by atoms with van der Waals surface area (Å²) >= 11 is 5.83. The van der Waals surface area contributed by atoms with Crippen molar-refractivity contribution in [3.63, 3.8) is 0 Å². The number of nitrogens with one attached hydrogen (secondary N) is 1. The summed E-state index contributed by atoms with van der Waals surface area (Å²) in [6.45, 7) is -2.58. The molecule has 1 N–H and O–H groups in total. The van der Waals surface area contributed by atoms with E-state index in [0.29, 0.717) is 24.3 Å². The van der Waals surface area contributed by atoms with Gasteiger partial charge in [0.05, 0.1) is 25.2 Å². The molecule has 0 unspecified atom stereocenters. The summed E-state index contributed by atoms with van der Waals surface area (Å²) in [5, 5.41) is 2.82. The zero-order valence-electron chi connectivity index (χ0n) is 15.0. The molecule has 5 nitrogen and oxygen atoms in total. The molecule has 28 heavy (non-hydrogen) atoms. The van der Waals surface area contributed by atoms with Crippen LogP contribution in [0.2, 0.25) is 5.02 Å². The first-order valence-electron chi connectivity index (χ1n) is 8.35. The number of carbonyl (C=O) groups is 1. The van der Waals surface area contributed by atoms with Gasteiger partial charge in [0.15, 0.2) is 11.5 Å². The molecule has 2 rings (SSSR count). The van der Waals surface area contributed by atoms with E-state index in [9.17, 15) is 18.0 Å². The molecule has 2 aromatic carbocycles. The molecule has 0 fully saturated rings. The number of hydrogen-bond acceptors (Lipinski definition) is 4. The van der Waals surface area contributed by atoms with Crippen LogP contribution in [-0.4, -0.2) is 32.8 Å². The fourth-order valence-corrected chi connectivity index (χ4v) is 2.57.